The molecule has 1 aliphatic heterocycles. The van der Waals surface area contributed by atoms with E-state index in [0.717, 1.165) is 30.9 Å². The summed E-state index contributed by atoms with van der Waals surface area (Å²) in [5, 5.41) is 5.88. The molecule has 5 nitrogen and oxygen atoms in total. The number of piperidine rings is 1. The van der Waals surface area contributed by atoms with Crippen LogP contribution < -0.4 is 5.32 Å². The van der Waals surface area contributed by atoms with Gasteiger partial charge >= 0.3 is 0 Å². The molecule has 2 rings (SSSR count). The van der Waals surface area contributed by atoms with Crippen molar-refractivity contribution in [2.45, 2.75) is 32.7 Å². The van der Waals surface area contributed by atoms with Gasteiger partial charge in [0.25, 0.3) is 0 Å². The molecule has 1 saturated heterocycles. The number of nitrogens with one attached hydrogen (secondary N) is 1. The van der Waals surface area contributed by atoms with Crippen molar-refractivity contribution in [3.05, 3.63) is 16.6 Å². The standard InChI is InChI=1S/C13H19N3O2S/c1-9(17)15-12(13-14-5-8-19-13)11-3-6-16(7-4-11)10(2)18/h5,8,11-12H,3-4,6-7H2,1-2H3,(H,15,17)/t12-/m0/s1. The van der Waals surface area contributed by atoms with Crippen LogP contribution in [0.25, 0.3) is 0 Å². The average molecular weight is 281 g/mol. The molecular formula is C13H19N3O2S. The Morgan fingerprint density at radius 1 is 1.42 bits per heavy atom. The van der Waals surface area contributed by atoms with E-state index < -0.39 is 0 Å². The third-order valence-corrected chi connectivity index (χ3v) is 4.39. The molecule has 1 aromatic heterocycles. The molecule has 6 heteroatoms. The molecule has 0 bridgehead atoms. The number of carbonyl (C=O) groups is 2. The largest absolute Gasteiger partial charge is 0.347 e. The summed E-state index contributed by atoms with van der Waals surface area (Å²) < 4.78 is 0. The van der Waals surface area contributed by atoms with E-state index in [1.165, 1.54) is 6.92 Å². The molecule has 104 valence electrons. The summed E-state index contributed by atoms with van der Waals surface area (Å²) in [6.07, 6.45) is 3.58. The minimum atomic E-state index is -0.0332. The number of nitrogens with zero attached hydrogens (tertiary/aromatic N) is 2. The molecule has 2 heterocycles. The van der Waals surface area contributed by atoms with Gasteiger partial charge in [-0.25, -0.2) is 4.98 Å². The molecule has 0 spiro atoms. The molecule has 1 aromatic rings. The molecule has 0 unspecified atom stereocenters. The smallest absolute Gasteiger partial charge is 0.219 e. The van der Waals surface area contributed by atoms with E-state index in [4.69, 9.17) is 0 Å². The Morgan fingerprint density at radius 3 is 2.58 bits per heavy atom. The molecule has 1 N–H and O–H groups in total. The van der Waals surface area contributed by atoms with Crippen molar-refractivity contribution in [3.8, 4) is 0 Å². The maximum absolute atomic E-state index is 11.4. The Bertz CT molecular complexity index is 439. The van der Waals surface area contributed by atoms with Crippen molar-refractivity contribution >= 4 is 23.2 Å². The zero-order valence-electron chi connectivity index (χ0n) is 11.3. The average Bonchev–Trinajstić information content (AvgIpc) is 2.89. The minimum Gasteiger partial charge on any atom is -0.347 e. The Morgan fingerprint density at radius 2 is 2.11 bits per heavy atom. The Labute approximate surface area is 117 Å². The van der Waals surface area contributed by atoms with Gasteiger partial charge in [-0.2, -0.15) is 0 Å². The van der Waals surface area contributed by atoms with E-state index in [0.29, 0.717) is 5.92 Å². The molecule has 1 fully saturated rings. The summed E-state index contributed by atoms with van der Waals surface area (Å²) >= 11 is 1.57. The summed E-state index contributed by atoms with van der Waals surface area (Å²) in [5.74, 6) is 0.448. The molecular weight excluding hydrogens is 262 g/mol. The predicted octanol–water partition coefficient (Wildman–Crippen LogP) is 1.58. The van der Waals surface area contributed by atoms with Crippen LogP contribution in [0.4, 0.5) is 0 Å². The fourth-order valence-electron chi connectivity index (χ4n) is 2.54. The van der Waals surface area contributed by atoms with E-state index in [2.05, 4.69) is 10.3 Å². The van der Waals surface area contributed by atoms with Crippen LogP contribution in [0.15, 0.2) is 11.6 Å². The molecule has 0 aliphatic carbocycles. The number of amides is 2. The first-order valence-corrected chi connectivity index (χ1v) is 7.38. The van der Waals surface area contributed by atoms with Gasteiger partial charge in [0.2, 0.25) is 11.8 Å². The monoisotopic (exact) mass is 281 g/mol. The predicted molar refractivity (Wildman–Crippen MR) is 73.6 cm³/mol. The van der Waals surface area contributed by atoms with E-state index in [-0.39, 0.29) is 17.9 Å². The van der Waals surface area contributed by atoms with Crippen molar-refractivity contribution in [1.29, 1.82) is 0 Å². The first kappa shape index (κ1) is 14.0. The second-order valence-corrected chi connectivity index (χ2v) is 5.82. The molecule has 0 radical (unpaired) electrons. The van der Waals surface area contributed by atoms with Gasteiger partial charge in [-0.05, 0) is 18.8 Å². The van der Waals surface area contributed by atoms with Crippen molar-refractivity contribution in [2.75, 3.05) is 13.1 Å². The summed E-state index contributed by atoms with van der Waals surface area (Å²) in [4.78, 5) is 28.9. The third kappa shape index (κ3) is 3.53. The zero-order valence-corrected chi connectivity index (χ0v) is 12.1. The number of carbonyl (C=O) groups excluding carboxylic acids is 2. The molecule has 2 amide bonds. The summed E-state index contributed by atoms with van der Waals surface area (Å²) in [6.45, 7) is 4.67. The highest BCUT2D eigenvalue weighted by Crippen LogP contribution is 2.31. The van der Waals surface area contributed by atoms with Crippen LogP contribution in [0.2, 0.25) is 0 Å². The van der Waals surface area contributed by atoms with Crippen LogP contribution >= 0.6 is 11.3 Å². The number of hydrogen-bond acceptors (Lipinski definition) is 4. The number of aromatic nitrogens is 1. The highest BCUT2D eigenvalue weighted by molar-refractivity contribution is 7.09. The van der Waals surface area contributed by atoms with E-state index in [1.54, 1.807) is 24.5 Å². The van der Waals surface area contributed by atoms with E-state index >= 15 is 0 Å². The Balaban J connectivity index is 2.04. The second-order valence-electron chi connectivity index (χ2n) is 4.89. The van der Waals surface area contributed by atoms with Crippen molar-refractivity contribution in [1.82, 2.24) is 15.2 Å². The maximum atomic E-state index is 11.4. The van der Waals surface area contributed by atoms with Crippen molar-refractivity contribution in [2.24, 2.45) is 5.92 Å². The SMILES string of the molecule is CC(=O)N[C@H](c1nccs1)C1CCN(C(C)=O)CC1. The summed E-state index contributed by atoms with van der Waals surface area (Å²) in [7, 11) is 0. The van der Waals surface area contributed by atoms with Gasteiger partial charge in [0.15, 0.2) is 0 Å². The van der Waals surface area contributed by atoms with Gasteiger partial charge in [0, 0.05) is 38.5 Å². The van der Waals surface area contributed by atoms with Gasteiger partial charge in [-0.1, -0.05) is 0 Å². The fraction of sp³-hybridized carbons (Fsp3) is 0.615. The fourth-order valence-corrected chi connectivity index (χ4v) is 3.32. The zero-order chi connectivity index (χ0) is 13.8. The van der Waals surface area contributed by atoms with E-state index in [9.17, 15) is 9.59 Å². The van der Waals surface area contributed by atoms with Crippen LogP contribution in [-0.2, 0) is 9.59 Å². The molecule has 1 atom stereocenters. The number of rotatable bonds is 3. The van der Waals surface area contributed by atoms with Crippen molar-refractivity contribution in [3.63, 3.8) is 0 Å². The highest BCUT2D eigenvalue weighted by atomic mass is 32.1. The summed E-state index contributed by atoms with van der Waals surface area (Å²) in [6, 6.07) is -0.0217. The van der Waals surface area contributed by atoms with Gasteiger partial charge in [-0.3, -0.25) is 9.59 Å². The van der Waals surface area contributed by atoms with Gasteiger partial charge < -0.3 is 10.2 Å². The molecule has 19 heavy (non-hydrogen) atoms. The van der Waals surface area contributed by atoms with E-state index in [1.807, 2.05) is 10.3 Å². The van der Waals surface area contributed by atoms with Crippen LogP contribution in [-0.4, -0.2) is 34.8 Å². The van der Waals surface area contributed by atoms with Crippen molar-refractivity contribution < 1.29 is 9.59 Å². The normalized spacial score (nSPS) is 18.1. The second kappa shape index (κ2) is 6.14. The first-order valence-electron chi connectivity index (χ1n) is 6.50. The van der Waals surface area contributed by atoms with Gasteiger partial charge in [-0.15, -0.1) is 11.3 Å². The first-order chi connectivity index (χ1) is 9.08. The Hall–Kier alpha value is -1.43. The quantitative estimate of drug-likeness (QED) is 0.915. The lowest BCUT2D eigenvalue weighted by Gasteiger charge is -2.35. The number of hydrogen-bond donors (Lipinski definition) is 1. The lowest BCUT2D eigenvalue weighted by Crippen LogP contribution is -2.41. The van der Waals surface area contributed by atoms with Crippen LogP contribution in [0, 0.1) is 5.92 Å². The lowest BCUT2D eigenvalue weighted by molar-refractivity contribution is -0.130. The van der Waals surface area contributed by atoms with Crippen LogP contribution in [0.1, 0.15) is 37.7 Å². The summed E-state index contributed by atoms with van der Waals surface area (Å²) in [5.41, 5.74) is 0. The maximum Gasteiger partial charge on any atom is 0.219 e. The number of likely N-dealkylation sites (tertiary alicyclic amines) is 1. The molecule has 0 aromatic carbocycles. The van der Waals surface area contributed by atoms with Gasteiger partial charge in [0.1, 0.15) is 5.01 Å². The number of thiazole rings is 1. The topological polar surface area (TPSA) is 62.3 Å². The lowest BCUT2D eigenvalue weighted by atomic mass is 9.89. The van der Waals surface area contributed by atoms with Gasteiger partial charge in [0.05, 0.1) is 6.04 Å². The van der Waals surface area contributed by atoms with Crippen LogP contribution in [0.5, 0.6) is 0 Å². The van der Waals surface area contributed by atoms with Crippen LogP contribution in [0.3, 0.4) is 0 Å². The third-order valence-electron chi connectivity index (χ3n) is 3.53. The minimum absolute atomic E-state index is 0.0217. The highest BCUT2D eigenvalue weighted by Gasteiger charge is 2.30. The molecule has 1 aliphatic rings. The molecule has 0 saturated carbocycles. The Kier molecular flexibility index (Phi) is 4.52.